The number of ether oxygens (including phenoxy) is 1. The lowest BCUT2D eigenvalue weighted by Crippen LogP contribution is -2.42. The number of halogens is 1. The van der Waals surface area contributed by atoms with E-state index in [0.717, 1.165) is 12.8 Å². The second-order valence-electron chi connectivity index (χ2n) is 7.19. The summed E-state index contributed by atoms with van der Waals surface area (Å²) in [5.74, 6) is 4.96. The fourth-order valence-corrected chi connectivity index (χ4v) is 2.79. The van der Waals surface area contributed by atoms with Crippen molar-refractivity contribution < 1.29 is 14.3 Å². The van der Waals surface area contributed by atoms with Crippen molar-refractivity contribution in [3.63, 3.8) is 0 Å². The molecule has 0 aliphatic carbocycles. The van der Waals surface area contributed by atoms with Gasteiger partial charge in [-0.3, -0.25) is 10.2 Å². The molecule has 1 saturated heterocycles. The third-order valence-electron chi connectivity index (χ3n) is 3.96. The Bertz CT molecular complexity index is 656. The van der Waals surface area contributed by atoms with E-state index in [1.165, 1.54) is 6.07 Å². The monoisotopic (exact) mass is 384 g/mol. The molecule has 2 amide bonds. The molecule has 0 unspecified atom stereocenters. The molecule has 2 heterocycles. The van der Waals surface area contributed by atoms with Gasteiger partial charge in [0.1, 0.15) is 5.60 Å². The Hall–Kier alpha value is -2.13. The summed E-state index contributed by atoms with van der Waals surface area (Å²) in [6.45, 7) is 7.44. The van der Waals surface area contributed by atoms with Crippen LogP contribution in [0.2, 0.25) is 5.15 Å². The fraction of sp³-hybridized carbons (Fsp3) is 0.625. The van der Waals surface area contributed by atoms with Crippen molar-refractivity contribution in [2.24, 2.45) is 11.8 Å². The van der Waals surface area contributed by atoms with Gasteiger partial charge in [0.15, 0.2) is 10.8 Å². The van der Waals surface area contributed by atoms with Crippen LogP contribution in [0.1, 0.15) is 44.1 Å². The third kappa shape index (κ3) is 5.70. The number of anilines is 1. The van der Waals surface area contributed by atoms with Crippen molar-refractivity contribution in [3.05, 3.63) is 16.9 Å². The molecule has 0 spiro atoms. The van der Waals surface area contributed by atoms with Gasteiger partial charge in [0.05, 0.1) is 5.69 Å². The molecule has 26 heavy (non-hydrogen) atoms. The number of aromatic nitrogens is 2. The number of carbonyl (C=O) groups excluding carboxylic acids is 2. The molecule has 1 aromatic heterocycles. The van der Waals surface area contributed by atoms with Crippen molar-refractivity contribution in [2.45, 2.75) is 39.2 Å². The molecular formula is C16H25ClN6O3. The lowest BCUT2D eigenvalue weighted by molar-refractivity contribution is 0.0188. The van der Waals surface area contributed by atoms with Crippen LogP contribution in [0, 0.1) is 5.92 Å². The maximum Gasteiger partial charge on any atom is 0.410 e. The first-order chi connectivity index (χ1) is 12.2. The van der Waals surface area contributed by atoms with Gasteiger partial charge in [-0.1, -0.05) is 11.6 Å². The largest absolute Gasteiger partial charge is 0.444 e. The first-order valence-corrected chi connectivity index (χ1v) is 8.83. The molecule has 1 aliphatic rings. The highest BCUT2D eigenvalue weighted by atomic mass is 35.5. The van der Waals surface area contributed by atoms with Gasteiger partial charge in [-0.15, -0.1) is 10.2 Å². The summed E-state index contributed by atoms with van der Waals surface area (Å²) in [5, 5.41) is 10.8. The van der Waals surface area contributed by atoms with Crippen LogP contribution in [-0.2, 0) is 4.74 Å². The molecule has 0 bridgehead atoms. The topological polar surface area (TPSA) is 122 Å². The number of nitrogens with one attached hydrogen (secondary N) is 2. The van der Waals surface area contributed by atoms with E-state index < -0.39 is 11.5 Å². The Labute approximate surface area is 157 Å². The van der Waals surface area contributed by atoms with Crippen LogP contribution in [0.3, 0.4) is 0 Å². The maximum atomic E-state index is 12.1. The Morgan fingerprint density at radius 2 is 2.00 bits per heavy atom. The molecule has 1 fully saturated rings. The normalized spacial score (nSPS) is 15.5. The van der Waals surface area contributed by atoms with Crippen LogP contribution in [-0.4, -0.2) is 52.3 Å². The van der Waals surface area contributed by atoms with Crippen LogP contribution in [0.5, 0.6) is 0 Å². The van der Waals surface area contributed by atoms with Crippen LogP contribution >= 0.6 is 11.6 Å². The Kier molecular flexibility index (Phi) is 6.60. The van der Waals surface area contributed by atoms with E-state index in [4.69, 9.17) is 22.2 Å². The lowest BCUT2D eigenvalue weighted by Gasteiger charge is -2.33. The van der Waals surface area contributed by atoms with E-state index in [2.05, 4.69) is 15.5 Å². The second kappa shape index (κ2) is 8.50. The average molecular weight is 385 g/mol. The van der Waals surface area contributed by atoms with Crippen LogP contribution < -0.4 is 16.6 Å². The van der Waals surface area contributed by atoms with Crippen LogP contribution in [0.4, 0.5) is 10.5 Å². The number of hydrogen-bond acceptors (Lipinski definition) is 7. The zero-order valence-electron chi connectivity index (χ0n) is 15.2. The van der Waals surface area contributed by atoms with Gasteiger partial charge >= 0.3 is 6.09 Å². The number of likely N-dealkylation sites (tertiary alicyclic amines) is 1. The van der Waals surface area contributed by atoms with E-state index in [9.17, 15) is 9.59 Å². The number of piperidine rings is 1. The minimum absolute atomic E-state index is 0.0862. The van der Waals surface area contributed by atoms with Gasteiger partial charge in [0, 0.05) is 25.7 Å². The number of nitrogens with two attached hydrogens (primary N) is 1. The van der Waals surface area contributed by atoms with Gasteiger partial charge in [-0.25, -0.2) is 10.6 Å². The van der Waals surface area contributed by atoms with E-state index >= 15 is 0 Å². The summed E-state index contributed by atoms with van der Waals surface area (Å²) in [4.78, 5) is 25.6. The van der Waals surface area contributed by atoms with Gasteiger partial charge in [-0.05, 0) is 39.5 Å². The molecule has 144 valence electrons. The van der Waals surface area contributed by atoms with Crippen molar-refractivity contribution in [1.29, 1.82) is 0 Å². The molecule has 9 nitrogen and oxygen atoms in total. The van der Waals surface area contributed by atoms with Gasteiger partial charge in [-0.2, -0.15) is 0 Å². The van der Waals surface area contributed by atoms with Gasteiger partial charge in [0.25, 0.3) is 5.91 Å². The second-order valence-corrected chi connectivity index (χ2v) is 7.58. The van der Waals surface area contributed by atoms with Crippen LogP contribution in [0.15, 0.2) is 6.07 Å². The highest BCUT2D eigenvalue weighted by Crippen LogP contribution is 2.22. The van der Waals surface area contributed by atoms with Crippen molar-refractivity contribution in [3.8, 4) is 0 Å². The smallest absolute Gasteiger partial charge is 0.410 e. The Morgan fingerprint density at radius 3 is 2.58 bits per heavy atom. The van der Waals surface area contributed by atoms with Crippen LogP contribution in [0.25, 0.3) is 0 Å². The summed E-state index contributed by atoms with van der Waals surface area (Å²) in [5.41, 5.74) is 2.10. The summed E-state index contributed by atoms with van der Waals surface area (Å²) < 4.78 is 5.39. The van der Waals surface area contributed by atoms with E-state index in [1.807, 2.05) is 26.2 Å². The first-order valence-electron chi connectivity index (χ1n) is 8.45. The quantitative estimate of drug-likeness (QED) is 0.411. The molecule has 1 aromatic rings. The predicted molar refractivity (Wildman–Crippen MR) is 97.7 cm³/mol. The molecule has 10 heteroatoms. The van der Waals surface area contributed by atoms with E-state index in [0.29, 0.717) is 31.2 Å². The molecule has 2 rings (SSSR count). The summed E-state index contributed by atoms with van der Waals surface area (Å²) >= 11 is 5.86. The number of nitrogens with zero attached hydrogens (tertiary/aromatic N) is 3. The number of nitrogen functional groups attached to an aromatic ring is 1. The van der Waals surface area contributed by atoms with E-state index in [1.54, 1.807) is 4.90 Å². The standard InChI is InChI=1S/C16H25ClN6O3/c1-16(2,3)26-15(25)23-6-4-10(5-7-23)9-19-11-8-12(17)21-22-13(11)14(24)20-18/h8,10H,4-7,9,18H2,1-3H3,(H,19,21)(H,20,24). The van der Waals surface area contributed by atoms with Crippen molar-refractivity contribution in [2.75, 3.05) is 25.0 Å². The average Bonchev–Trinajstić information content (AvgIpc) is 2.58. The summed E-state index contributed by atoms with van der Waals surface area (Å²) in [6.07, 6.45) is 1.38. The highest BCUT2D eigenvalue weighted by molar-refractivity contribution is 6.29. The van der Waals surface area contributed by atoms with Crippen molar-refractivity contribution >= 4 is 29.3 Å². The summed E-state index contributed by atoms with van der Waals surface area (Å²) in [7, 11) is 0. The molecule has 0 atom stereocenters. The zero-order valence-corrected chi connectivity index (χ0v) is 16.0. The van der Waals surface area contributed by atoms with E-state index in [-0.39, 0.29) is 16.9 Å². The number of hydrogen-bond donors (Lipinski definition) is 3. The number of amides is 2. The Balaban J connectivity index is 1.88. The molecule has 4 N–H and O–H groups in total. The molecule has 0 saturated carbocycles. The minimum atomic E-state index is -0.545. The van der Waals surface area contributed by atoms with Crippen molar-refractivity contribution in [1.82, 2.24) is 20.5 Å². The number of hydrazine groups is 1. The Morgan fingerprint density at radius 1 is 1.35 bits per heavy atom. The van der Waals surface area contributed by atoms with Gasteiger partial charge < -0.3 is 15.0 Å². The maximum absolute atomic E-state index is 12.1. The first kappa shape index (κ1) is 20.2. The predicted octanol–water partition coefficient (Wildman–Crippen LogP) is 1.79. The number of rotatable bonds is 4. The molecule has 0 radical (unpaired) electrons. The molecule has 1 aliphatic heterocycles. The lowest BCUT2D eigenvalue weighted by atomic mass is 9.97. The SMILES string of the molecule is CC(C)(C)OC(=O)N1CCC(CNc2cc(Cl)nnc2C(=O)NN)CC1. The third-order valence-corrected chi connectivity index (χ3v) is 4.14. The fourth-order valence-electron chi connectivity index (χ4n) is 2.64. The van der Waals surface area contributed by atoms with Gasteiger partial charge in [0.2, 0.25) is 0 Å². The number of carbonyl (C=O) groups is 2. The molecular weight excluding hydrogens is 360 g/mol. The molecule has 0 aromatic carbocycles. The minimum Gasteiger partial charge on any atom is -0.444 e. The summed E-state index contributed by atoms with van der Waals surface area (Å²) in [6, 6.07) is 1.54. The zero-order chi connectivity index (χ0) is 19.3. The highest BCUT2D eigenvalue weighted by Gasteiger charge is 2.27.